The molecule has 1 N–H and O–H groups in total. The molecule has 0 spiro atoms. The van der Waals surface area contributed by atoms with Crippen LogP contribution in [0.25, 0.3) is 0 Å². The Morgan fingerprint density at radius 2 is 1.80 bits per heavy atom. The number of nitrogens with zero attached hydrogens (tertiary/aromatic N) is 3. The van der Waals surface area contributed by atoms with Gasteiger partial charge in [0.1, 0.15) is 5.69 Å². The molecule has 0 aromatic carbocycles. The number of nitrogens with one attached hydrogen (secondary N) is 1. The normalized spacial score (nSPS) is 14.6. The molecule has 0 unspecified atom stereocenters. The fourth-order valence-corrected chi connectivity index (χ4v) is 2.65. The Labute approximate surface area is 148 Å². The summed E-state index contributed by atoms with van der Waals surface area (Å²) in [6.45, 7) is 8.33. The third-order valence-electron chi connectivity index (χ3n) is 4.26. The van der Waals surface area contributed by atoms with Crippen LogP contribution in [0.2, 0.25) is 0 Å². The first-order valence-corrected chi connectivity index (χ1v) is 8.67. The molecule has 1 fully saturated rings. The second-order valence-corrected chi connectivity index (χ2v) is 6.67. The predicted octanol–water partition coefficient (Wildman–Crippen LogP) is 1.16. The molecule has 1 aliphatic heterocycles. The first kappa shape index (κ1) is 18.9. The highest BCUT2D eigenvalue weighted by Crippen LogP contribution is 2.09. The standard InChI is InChI=1S/C18H26N4O3/c1-13(2)4-6-20-17(24)15-5-7-19-16(12-15)18(25)22-10-8-21(9-11-22)14(3)23/h5,7,12-13H,4,6,8-11H2,1-3H3,(H,20,24). The van der Waals surface area contributed by atoms with Crippen molar-refractivity contribution in [3.63, 3.8) is 0 Å². The molecule has 7 heteroatoms. The minimum absolute atomic E-state index is 0.0188. The van der Waals surface area contributed by atoms with Gasteiger partial charge in [0.05, 0.1) is 0 Å². The van der Waals surface area contributed by atoms with Crippen LogP contribution >= 0.6 is 0 Å². The zero-order valence-electron chi connectivity index (χ0n) is 15.1. The van der Waals surface area contributed by atoms with E-state index >= 15 is 0 Å². The second-order valence-electron chi connectivity index (χ2n) is 6.67. The lowest BCUT2D eigenvalue weighted by atomic mass is 10.1. The molecule has 0 aliphatic carbocycles. The lowest BCUT2D eigenvalue weighted by Gasteiger charge is -2.34. The molecule has 2 heterocycles. The molecule has 1 aromatic heterocycles. The number of carbonyl (C=O) groups excluding carboxylic acids is 3. The number of rotatable bonds is 5. The largest absolute Gasteiger partial charge is 0.352 e. The Morgan fingerprint density at radius 1 is 1.16 bits per heavy atom. The minimum atomic E-state index is -0.208. The highest BCUT2D eigenvalue weighted by atomic mass is 16.2. The summed E-state index contributed by atoms with van der Waals surface area (Å²) in [7, 11) is 0. The van der Waals surface area contributed by atoms with Crippen LogP contribution < -0.4 is 5.32 Å². The van der Waals surface area contributed by atoms with Crippen LogP contribution in [0.1, 0.15) is 48.0 Å². The summed E-state index contributed by atoms with van der Waals surface area (Å²) in [5.74, 6) is 0.132. The number of hydrogen-bond donors (Lipinski definition) is 1. The maximum atomic E-state index is 12.6. The number of pyridine rings is 1. The topological polar surface area (TPSA) is 82.6 Å². The maximum Gasteiger partial charge on any atom is 0.272 e. The number of aromatic nitrogens is 1. The van der Waals surface area contributed by atoms with E-state index < -0.39 is 0 Å². The molecule has 1 saturated heterocycles. The number of piperazine rings is 1. The van der Waals surface area contributed by atoms with Crippen LogP contribution in [0.4, 0.5) is 0 Å². The fourth-order valence-electron chi connectivity index (χ4n) is 2.65. The van der Waals surface area contributed by atoms with Gasteiger partial charge in [-0.25, -0.2) is 0 Å². The summed E-state index contributed by atoms with van der Waals surface area (Å²) in [4.78, 5) is 43.6. The SMILES string of the molecule is CC(=O)N1CCN(C(=O)c2cc(C(=O)NCCC(C)C)ccn2)CC1. The van der Waals surface area contributed by atoms with Crippen LogP contribution in [0.5, 0.6) is 0 Å². The average molecular weight is 346 g/mol. The maximum absolute atomic E-state index is 12.6. The number of amides is 3. The van der Waals surface area contributed by atoms with E-state index in [2.05, 4.69) is 24.1 Å². The van der Waals surface area contributed by atoms with Gasteiger partial charge < -0.3 is 15.1 Å². The Bertz CT molecular complexity index is 637. The molecule has 3 amide bonds. The lowest BCUT2D eigenvalue weighted by Crippen LogP contribution is -2.50. The van der Waals surface area contributed by atoms with E-state index in [4.69, 9.17) is 0 Å². The van der Waals surface area contributed by atoms with Gasteiger partial charge in [-0.1, -0.05) is 13.8 Å². The van der Waals surface area contributed by atoms with E-state index in [1.54, 1.807) is 15.9 Å². The third-order valence-corrected chi connectivity index (χ3v) is 4.26. The molecule has 2 rings (SSSR count). The first-order chi connectivity index (χ1) is 11.9. The van der Waals surface area contributed by atoms with E-state index in [1.807, 2.05) is 0 Å². The van der Waals surface area contributed by atoms with Crippen LogP contribution in [-0.4, -0.2) is 65.2 Å². The van der Waals surface area contributed by atoms with Crippen molar-refractivity contribution in [1.29, 1.82) is 0 Å². The summed E-state index contributed by atoms with van der Waals surface area (Å²) in [5.41, 5.74) is 0.692. The summed E-state index contributed by atoms with van der Waals surface area (Å²) in [5, 5.41) is 2.86. The van der Waals surface area contributed by atoms with Crippen molar-refractivity contribution < 1.29 is 14.4 Å². The van der Waals surface area contributed by atoms with Gasteiger partial charge in [-0.15, -0.1) is 0 Å². The molecule has 7 nitrogen and oxygen atoms in total. The van der Waals surface area contributed by atoms with E-state index in [9.17, 15) is 14.4 Å². The van der Waals surface area contributed by atoms with Gasteiger partial charge in [-0.2, -0.15) is 0 Å². The van der Waals surface area contributed by atoms with E-state index in [0.717, 1.165) is 6.42 Å². The van der Waals surface area contributed by atoms with Crippen molar-refractivity contribution in [3.8, 4) is 0 Å². The van der Waals surface area contributed by atoms with Crippen molar-refractivity contribution >= 4 is 17.7 Å². The summed E-state index contributed by atoms with van der Waals surface area (Å²) in [6, 6.07) is 3.14. The van der Waals surface area contributed by atoms with Gasteiger partial charge in [0.2, 0.25) is 5.91 Å². The zero-order valence-corrected chi connectivity index (χ0v) is 15.1. The molecule has 25 heavy (non-hydrogen) atoms. The number of hydrogen-bond acceptors (Lipinski definition) is 4. The molecular weight excluding hydrogens is 320 g/mol. The Hall–Kier alpha value is -2.44. The smallest absolute Gasteiger partial charge is 0.272 e. The van der Waals surface area contributed by atoms with Crippen molar-refractivity contribution in [2.75, 3.05) is 32.7 Å². The molecule has 0 bridgehead atoms. The van der Waals surface area contributed by atoms with Crippen molar-refractivity contribution in [2.24, 2.45) is 5.92 Å². The molecule has 0 saturated carbocycles. The Kier molecular flexibility index (Phi) is 6.50. The fraction of sp³-hybridized carbons (Fsp3) is 0.556. The quantitative estimate of drug-likeness (QED) is 0.867. The van der Waals surface area contributed by atoms with Gasteiger partial charge in [0.15, 0.2) is 0 Å². The van der Waals surface area contributed by atoms with Crippen LogP contribution in [0, 0.1) is 5.92 Å². The lowest BCUT2D eigenvalue weighted by molar-refractivity contribution is -0.130. The van der Waals surface area contributed by atoms with Gasteiger partial charge in [0, 0.05) is 51.4 Å². The molecule has 136 valence electrons. The predicted molar refractivity (Wildman–Crippen MR) is 94.2 cm³/mol. The Morgan fingerprint density at radius 3 is 2.40 bits per heavy atom. The van der Waals surface area contributed by atoms with Crippen LogP contribution in [-0.2, 0) is 4.79 Å². The van der Waals surface area contributed by atoms with E-state index in [0.29, 0.717) is 44.2 Å². The monoisotopic (exact) mass is 346 g/mol. The highest BCUT2D eigenvalue weighted by molar-refractivity contribution is 5.98. The highest BCUT2D eigenvalue weighted by Gasteiger charge is 2.24. The Balaban J connectivity index is 1.97. The van der Waals surface area contributed by atoms with Gasteiger partial charge in [0.25, 0.3) is 11.8 Å². The molecular formula is C18H26N4O3. The van der Waals surface area contributed by atoms with Gasteiger partial charge in [-0.3, -0.25) is 19.4 Å². The second kappa shape index (κ2) is 8.60. The van der Waals surface area contributed by atoms with Crippen LogP contribution in [0.15, 0.2) is 18.3 Å². The minimum Gasteiger partial charge on any atom is -0.352 e. The molecule has 0 atom stereocenters. The third kappa shape index (κ3) is 5.27. The summed E-state index contributed by atoms with van der Waals surface area (Å²) in [6.07, 6.45) is 2.39. The first-order valence-electron chi connectivity index (χ1n) is 8.67. The van der Waals surface area contributed by atoms with Gasteiger partial charge in [-0.05, 0) is 24.5 Å². The molecule has 1 aliphatic rings. The number of carbonyl (C=O) groups is 3. The van der Waals surface area contributed by atoms with Crippen molar-refractivity contribution in [1.82, 2.24) is 20.1 Å². The van der Waals surface area contributed by atoms with Crippen molar-refractivity contribution in [3.05, 3.63) is 29.6 Å². The average Bonchev–Trinajstić information content (AvgIpc) is 2.61. The van der Waals surface area contributed by atoms with Crippen molar-refractivity contribution in [2.45, 2.75) is 27.2 Å². The zero-order chi connectivity index (χ0) is 18.4. The summed E-state index contributed by atoms with van der Waals surface area (Å²) < 4.78 is 0. The van der Waals surface area contributed by atoms with Gasteiger partial charge >= 0.3 is 0 Å². The van der Waals surface area contributed by atoms with Crippen LogP contribution in [0.3, 0.4) is 0 Å². The molecule has 1 aromatic rings. The van der Waals surface area contributed by atoms with E-state index in [-0.39, 0.29) is 23.4 Å². The molecule has 0 radical (unpaired) electrons. The van der Waals surface area contributed by atoms with E-state index in [1.165, 1.54) is 19.2 Å². The summed E-state index contributed by atoms with van der Waals surface area (Å²) >= 11 is 0.